The predicted octanol–water partition coefficient (Wildman–Crippen LogP) is 3.78. The Hall–Kier alpha value is -1.91. The molecule has 22 heavy (non-hydrogen) atoms. The monoisotopic (exact) mass is 373 g/mol. The number of aryl methyl sites for hydroxylation is 1. The zero-order chi connectivity index (χ0) is 15.7. The van der Waals surface area contributed by atoms with Crippen LogP contribution in [0.15, 0.2) is 33.9 Å². The Bertz CT molecular complexity index is 897. The van der Waals surface area contributed by atoms with Crippen LogP contribution in [0.25, 0.3) is 22.7 Å². The molecule has 0 atom stereocenters. The minimum absolute atomic E-state index is 0.504. The third-order valence-corrected chi connectivity index (χ3v) is 4.51. The molecule has 3 aromatic heterocycles. The number of hydrogen-bond donors (Lipinski definition) is 0. The molecule has 0 aromatic carbocycles. The van der Waals surface area contributed by atoms with Crippen molar-refractivity contribution in [2.45, 2.75) is 11.8 Å². The van der Waals surface area contributed by atoms with Crippen LogP contribution in [-0.4, -0.2) is 25.3 Å². The Morgan fingerprint density at radius 1 is 1.32 bits per heavy atom. The maximum atomic E-state index is 8.99. The van der Waals surface area contributed by atoms with E-state index in [4.69, 9.17) is 5.26 Å². The Labute approximate surface area is 140 Å². The minimum atomic E-state index is 0.504. The molecule has 0 spiro atoms. The van der Waals surface area contributed by atoms with Crippen LogP contribution in [0.1, 0.15) is 12.5 Å². The van der Waals surface area contributed by atoms with Gasteiger partial charge in [0.15, 0.2) is 11.5 Å². The third kappa shape index (κ3) is 2.60. The smallest absolute Gasteiger partial charge is 0.161 e. The summed E-state index contributed by atoms with van der Waals surface area (Å²) in [6.07, 6.45) is 3.33. The lowest BCUT2D eigenvalue weighted by Crippen LogP contribution is -1.97. The molecule has 5 nitrogen and oxygen atoms in total. The SMILES string of the molecule is CCSc1cc(Br)cnc1-c1nc2cc(C#N)cnc2n1C. The highest BCUT2D eigenvalue weighted by Crippen LogP contribution is 2.32. The van der Waals surface area contributed by atoms with Crippen molar-refractivity contribution in [3.63, 3.8) is 0 Å². The summed E-state index contributed by atoms with van der Waals surface area (Å²) in [6, 6.07) is 5.88. The van der Waals surface area contributed by atoms with Crippen LogP contribution in [0.5, 0.6) is 0 Å². The predicted molar refractivity (Wildman–Crippen MR) is 90.6 cm³/mol. The van der Waals surface area contributed by atoms with E-state index in [0.29, 0.717) is 11.1 Å². The molecule has 7 heteroatoms. The van der Waals surface area contributed by atoms with Crippen molar-refractivity contribution < 1.29 is 0 Å². The van der Waals surface area contributed by atoms with E-state index in [-0.39, 0.29) is 0 Å². The van der Waals surface area contributed by atoms with E-state index in [0.717, 1.165) is 32.3 Å². The van der Waals surface area contributed by atoms with Gasteiger partial charge in [-0.1, -0.05) is 6.92 Å². The molecule has 0 fully saturated rings. The Kier molecular flexibility index (Phi) is 4.14. The number of imidazole rings is 1. The summed E-state index contributed by atoms with van der Waals surface area (Å²) in [5, 5.41) is 8.99. The summed E-state index contributed by atoms with van der Waals surface area (Å²) in [6.45, 7) is 2.10. The molecule has 0 aliphatic carbocycles. The van der Waals surface area contributed by atoms with Crippen molar-refractivity contribution in [1.82, 2.24) is 19.5 Å². The van der Waals surface area contributed by atoms with Crippen LogP contribution in [0.3, 0.4) is 0 Å². The molecular weight excluding hydrogens is 362 g/mol. The van der Waals surface area contributed by atoms with E-state index in [1.807, 2.05) is 17.7 Å². The number of aromatic nitrogens is 4. The molecule has 0 amide bonds. The standard InChI is InChI=1S/C15H12BrN5S/c1-3-22-12-5-10(16)8-18-13(12)15-20-11-4-9(6-17)7-19-14(11)21(15)2/h4-5,7-8H,3H2,1-2H3. The van der Waals surface area contributed by atoms with Gasteiger partial charge in [-0.05, 0) is 33.8 Å². The van der Waals surface area contributed by atoms with Gasteiger partial charge in [0.05, 0.1) is 5.56 Å². The molecule has 0 saturated heterocycles. The average molecular weight is 374 g/mol. The summed E-state index contributed by atoms with van der Waals surface area (Å²) >= 11 is 5.18. The van der Waals surface area contributed by atoms with Crippen molar-refractivity contribution in [3.8, 4) is 17.6 Å². The van der Waals surface area contributed by atoms with Crippen molar-refractivity contribution in [3.05, 3.63) is 34.6 Å². The van der Waals surface area contributed by atoms with Crippen LogP contribution >= 0.6 is 27.7 Å². The van der Waals surface area contributed by atoms with E-state index >= 15 is 0 Å². The van der Waals surface area contributed by atoms with Gasteiger partial charge < -0.3 is 4.57 Å². The largest absolute Gasteiger partial charge is 0.310 e. The van der Waals surface area contributed by atoms with E-state index in [2.05, 4.69) is 43.9 Å². The number of rotatable bonds is 3. The normalized spacial score (nSPS) is 10.8. The second kappa shape index (κ2) is 6.07. The van der Waals surface area contributed by atoms with Gasteiger partial charge >= 0.3 is 0 Å². The summed E-state index contributed by atoms with van der Waals surface area (Å²) in [7, 11) is 1.91. The van der Waals surface area contributed by atoms with Gasteiger partial charge in [-0.3, -0.25) is 4.98 Å². The number of fused-ring (bicyclic) bond motifs is 1. The highest BCUT2D eigenvalue weighted by Gasteiger charge is 2.16. The first-order valence-corrected chi connectivity index (χ1v) is 8.43. The highest BCUT2D eigenvalue weighted by atomic mass is 79.9. The molecule has 0 N–H and O–H groups in total. The van der Waals surface area contributed by atoms with Gasteiger partial charge in [0.1, 0.15) is 17.3 Å². The van der Waals surface area contributed by atoms with Gasteiger partial charge in [0, 0.05) is 28.8 Å². The van der Waals surface area contributed by atoms with Gasteiger partial charge in [-0.25, -0.2) is 9.97 Å². The first-order valence-electron chi connectivity index (χ1n) is 6.65. The third-order valence-electron chi connectivity index (χ3n) is 3.17. The summed E-state index contributed by atoms with van der Waals surface area (Å²) in [5.41, 5.74) is 2.78. The molecule has 0 saturated carbocycles. The van der Waals surface area contributed by atoms with E-state index in [9.17, 15) is 0 Å². The Morgan fingerprint density at radius 2 is 2.14 bits per heavy atom. The first-order chi connectivity index (χ1) is 10.6. The number of nitrogens with zero attached hydrogens (tertiary/aromatic N) is 5. The molecule has 0 radical (unpaired) electrons. The van der Waals surface area contributed by atoms with Crippen LogP contribution in [0.4, 0.5) is 0 Å². The average Bonchev–Trinajstić information content (AvgIpc) is 2.84. The van der Waals surface area contributed by atoms with E-state index in [1.54, 1.807) is 30.2 Å². The summed E-state index contributed by atoms with van der Waals surface area (Å²) < 4.78 is 2.85. The number of halogens is 1. The lowest BCUT2D eigenvalue weighted by molar-refractivity contribution is 0.927. The zero-order valence-corrected chi connectivity index (χ0v) is 14.4. The van der Waals surface area contributed by atoms with Crippen LogP contribution in [0.2, 0.25) is 0 Å². The van der Waals surface area contributed by atoms with Gasteiger partial charge in [-0.15, -0.1) is 11.8 Å². The molecule has 0 unspecified atom stereocenters. The van der Waals surface area contributed by atoms with Crippen LogP contribution in [0, 0.1) is 11.3 Å². The van der Waals surface area contributed by atoms with Crippen LogP contribution in [-0.2, 0) is 7.05 Å². The fourth-order valence-electron chi connectivity index (χ4n) is 2.20. The van der Waals surface area contributed by atoms with Gasteiger partial charge in [-0.2, -0.15) is 5.26 Å². The van der Waals surface area contributed by atoms with Crippen molar-refractivity contribution in [2.24, 2.45) is 7.05 Å². The number of thioether (sulfide) groups is 1. The van der Waals surface area contributed by atoms with Crippen molar-refractivity contribution >= 4 is 38.9 Å². The lowest BCUT2D eigenvalue weighted by Gasteiger charge is -2.07. The minimum Gasteiger partial charge on any atom is -0.310 e. The Morgan fingerprint density at radius 3 is 2.86 bits per heavy atom. The van der Waals surface area contributed by atoms with Crippen LogP contribution < -0.4 is 0 Å². The zero-order valence-electron chi connectivity index (χ0n) is 12.0. The topological polar surface area (TPSA) is 67.4 Å². The Balaban J connectivity index is 2.22. The molecule has 3 heterocycles. The molecule has 110 valence electrons. The quantitative estimate of drug-likeness (QED) is 0.653. The van der Waals surface area contributed by atoms with E-state index in [1.165, 1.54) is 0 Å². The molecule has 0 aliphatic heterocycles. The first kappa shape index (κ1) is 15.0. The maximum Gasteiger partial charge on any atom is 0.161 e. The lowest BCUT2D eigenvalue weighted by atomic mass is 10.3. The van der Waals surface area contributed by atoms with Gasteiger partial charge in [0.25, 0.3) is 0 Å². The van der Waals surface area contributed by atoms with Gasteiger partial charge in [0.2, 0.25) is 0 Å². The fourth-order valence-corrected chi connectivity index (χ4v) is 3.49. The summed E-state index contributed by atoms with van der Waals surface area (Å²) in [5.74, 6) is 1.70. The molecule has 0 aliphatic rings. The number of hydrogen-bond acceptors (Lipinski definition) is 5. The summed E-state index contributed by atoms with van der Waals surface area (Å²) in [4.78, 5) is 14.5. The maximum absolute atomic E-state index is 8.99. The van der Waals surface area contributed by atoms with Crippen molar-refractivity contribution in [2.75, 3.05) is 5.75 Å². The second-order valence-electron chi connectivity index (χ2n) is 4.61. The molecular formula is C15H12BrN5S. The molecule has 3 aromatic rings. The fraction of sp³-hybridized carbons (Fsp3) is 0.200. The molecule has 0 bridgehead atoms. The second-order valence-corrected chi connectivity index (χ2v) is 6.83. The van der Waals surface area contributed by atoms with E-state index < -0.39 is 0 Å². The highest BCUT2D eigenvalue weighted by molar-refractivity contribution is 9.10. The number of nitriles is 1. The molecule has 3 rings (SSSR count). The number of pyridine rings is 2. The van der Waals surface area contributed by atoms with Crippen molar-refractivity contribution in [1.29, 1.82) is 5.26 Å².